The smallest absolute Gasteiger partial charge is 0.191 e. The van der Waals surface area contributed by atoms with Gasteiger partial charge in [-0.2, -0.15) is 0 Å². The number of rotatable bonds is 6. The minimum absolute atomic E-state index is 0. The lowest BCUT2D eigenvalue weighted by molar-refractivity contribution is 0.489. The minimum atomic E-state index is 0. The molecular weight excluding hydrogens is 313 g/mol. The number of hydrogen-bond acceptors (Lipinski definition) is 1. The van der Waals surface area contributed by atoms with E-state index in [1.165, 1.54) is 12.8 Å². The maximum atomic E-state index is 4.19. The number of aliphatic imine (C=N–C) groups is 1. The highest BCUT2D eigenvalue weighted by Crippen LogP contribution is 2.05. The summed E-state index contributed by atoms with van der Waals surface area (Å²) >= 11 is 0. The normalized spacial score (nSPS) is 13.2. The van der Waals surface area contributed by atoms with E-state index in [1.807, 2.05) is 7.05 Å². The Morgan fingerprint density at radius 3 is 2.25 bits per heavy atom. The largest absolute Gasteiger partial charge is 0.356 e. The Kier molecular flexibility index (Phi) is 13.2. The molecule has 98 valence electrons. The van der Waals surface area contributed by atoms with Crippen LogP contribution in [-0.2, 0) is 0 Å². The molecule has 0 aliphatic carbocycles. The number of hydrogen-bond donors (Lipinski definition) is 2. The van der Waals surface area contributed by atoms with Crippen LogP contribution >= 0.6 is 24.0 Å². The maximum Gasteiger partial charge on any atom is 0.191 e. The average Bonchev–Trinajstić information content (AvgIpc) is 2.21. The molecule has 3 nitrogen and oxygen atoms in total. The fourth-order valence-corrected chi connectivity index (χ4v) is 1.33. The Morgan fingerprint density at radius 2 is 1.81 bits per heavy atom. The fraction of sp³-hybridized carbons (Fsp3) is 0.917. The number of nitrogens with zero attached hydrogens (tertiary/aromatic N) is 1. The van der Waals surface area contributed by atoms with E-state index in [4.69, 9.17) is 0 Å². The van der Waals surface area contributed by atoms with Crippen LogP contribution in [0.5, 0.6) is 0 Å². The van der Waals surface area contributed by atoms with Gasteiger partial charge >= 0.3 is 0 Å². The summed E-state index contributed by atoms with van der Waals surface area (Å²) in [5.41, 5.74) is 0. The van der Waals surface area contributed by atoms with Crippen LogP contribution < -0.4 is 10.6 Å². The molecule has 0 bridgehead atoms. The van der Waals surface area contributed by atoms with E-state index in [-0.39, 0.29) is 24.0 Å². The van der Waals surface area contributed by atoms with Gasteiger partial charge in [-0.05, 0) is 32.1 Å². The average molecular weight is 341 g/mol. The molecule has 0 spiro atoms. The Labute approximate surface area is 118 Å². The maximum absolute atomic E-state index is 4.19. The molecule has 1 unspecified atom stereocenters. The molecule has 4 heteroatoms. The first-order valence-corrected chi connectivity index (χ1v) is 6.07. The van der Waals surface area contributed by atoms with Crippen LogP contribution in [0.25, 0.3) is 0 Å². The summed E-state index contributed by atoms with van der Waals surface area (Å²) < 4.78 is 0. The molecule has 1 atom stereocenters. The summed E-state index contributed by atoms with van der Waals surface area (Å²) in [5.74, 6) is 1.70. The van der Waals surface area contributed by atoms with Crippen molar-refractivity contribution in [3.8, 4) is 0 Å². The van der Waals surface area contributed by atoms with Crippen molar-refractivity contribution >= 4 is 29.9 Å². The van der Waals surface area contributed by atoms with E-state index in [0.717, 1.165) is 24.8 Å². The Hall–Kier alpha value is 0. The summed E-state index contributed by atoms with van der Waals surface area (Å²) in [5, 5.41) is 6.67. The quantitative estimate of drug-likeness (QED) is 0.443. The third-order valence-corrected chi connectivity index (χ3v) is 2.33. The van der Waals surface area contributed by atoms with Crippen LogP contribution in [0.15, 0.2) is 4.99 Å². The van der Waals surface area contributed by atoms with Crippen molar-refractivity contribution in [3.05, 3.63) is 0 Å². The van der Waals surface area contributed by atoms with Crippen LogP contribution in [0.2, 0.25) is 0 Å². The van der Waals surface area contributed by atoms with Crippen molar-refractivity contribution in [1.29, 1.82) is 0 Å². The summed E-state index contributed by atoms with van der Waals surface area (Å²) in [6, 6.07) is 0.496. The number of nitrogens with one attached hydrogen (secondary N) is 2. The van der Waals surface area contributed by atoms with Gasteiger partial charge in [-0.3, -0.25) is 4.99 Å². The van der Waals surface area contributed by atoms with Gasteiger partial charge in [0.2, 0.25) is 0 Å². The zero-order valence-corrected chi connectivity index (χ0v) is 13.7. The minimum Gasteiger partial charge on any atom is -0.356 e. The van der Waals surface area contributed by atoms with Gasteiger partial charge < -0.3 is 10.6 Å². The van der Waals surface area contributed by atoms with Crippen molar-refractivity contribution in [1.82, 2.24) is 10.6 Å². The van der Waals surface area contributed by atoms with E-state index in [0.29, 0.717) is 6.04 Å². The molecule has 0 saturated heterocycles. The highest BCUT2D eigenvalue weighted by atomic mass is 127. The Morgan fingerprint density at radius 1 is 1.19 bits per heavy atom. The van der Waals surface area contributed by atoms with Crippen molar-refractivity contribution in [2.24, 2.45) is 10.9 Å². The summed E-state index contributed by atoms with van der Waals surface area (Å²) in [6.45, 7) is 9.87. The predicted octanol–water partition coefficient (Wildman–Crippen LogP) is 3.00. The number of halogens is 1. The van der Waals surface area contributed by atoms with Crippen LogP contribution in [0.4, 0.5) is 0 Å². The van der Waals surface area contributed by atoms with Crippen molar-refractivity contribution < 1.29 is 0 Å². The predicted molar refractivity (Wildman–Crippen MR) is 83.7 cm³/mol. The van der Waals surface area contributed by atoms with Crippen LogP contribution in [0.1, 0.15) is 47.0 Å². The molecule has 0 rings (SSSR count). The first-order chi connectivity index (χ1) is 7.10. The second-order valence-corrected chi connectivity index (χ2v) is 4.52. The molecule has 0 aromatic carbocycles. The Balaban J connectivity index is 0. The SMILES string of the molecule is CCCNC(=NC)NC(C)CCC(C)C.I. The molecular formula is C12H28IN3. The van der Waals surface area contributed by atoms with Gasteiger partial charge in [-0.1, -0.05) is 20.8 Å². The van der Waals surface area contributed by atoms with Gasteiger partial charge in [0.1, 0.15) is 0 Å². The molecule has 16 heavy (non-hydrogen) atoms. The first kappa shape index (κ1) is 18.4. The highest BCUT2D eigenvalue weighted by molar-refractivity contribution is 14.0. The van der Waals surface area contributed by atoms with Gasteiger partial charge in [0, 0.05) is 19.6 Å². The highest BCUT2D eigenvalue weighted by Gasteiger charge is 2.05. The molecule has 0 aliphatic heterocycles. The summed E-state index contributed by atoms with van der Waals surface area (Å²) in [6.07, 6.45) is 3.59. The monoisotopic (exact) mass is 341 g/mol. The zero-order chi connectivity index (χ0) is 11.7. The van der Waals surface area contributed by atoms with Gasteiger partial charge in [0.15, 0.2) is 5.96 Å². The number of guanidine groups is 1. The molecule has 0 heterocycles. The van der Waals surface area contributed by atoms with Crippen molar-refractivity contribution in [2.75, 3.05) is 13.6 Å². The molecule has 2 N–H and O–H groups in total. The molecule has 0 fully saturated rings. The molecule has 0 radical (unpaired) electrons. The Bertz CT molecular complexity index is 181. The van der Waals surface area contributed by atoms with Gasteiger partial charge in [0.05, 0.1) is 0 Å². The summed E-state index contributed by atoms with van der Waals surface area (Å²) in [7, 11) is 1.82. The van der Waals surface area contributed by atoms with E-state index in [9.17, 15) is 0 Å². The van der Waals surface area contributed by atoms with Gasteiger partial charge in [0.25, 0.3) is 0 Å². The van der Waals surface area contributed by atoms with Crippen LogP contribution in [-0.4, -0.2) is 25.6 Å². The van der Waals surface area contributed by atoms with Crippen LogP contribution in [0.3, 0.4) is 0 Å². The van der Waals surface area contributed by atoms with Gasteiger partial charge in [-0.15, -0.1) is 24.0 Å². The lowest BCUT2D eigenvalue weighted by atomic mass is 10.0. The lowest BCUT2D eigenvalue weighted by Crippen LogP contribution is -2.42. The van der Waals surface area contributed by atoms with Crippen LogP contribution in [0, 0.1) is 5.92 Å². The third-order valence-electron chi connectivity index (χ3n) is 2.33. The van der Waals surface area contributed by atoms with E-state index < -0.39 is 0 Å². The summed E-state index contributed by atoms with van der Waals surface area (Å²) in [4.78, 5) is 4.19. The van der Waals surface area contributed by atoms with E-state index >= 15 is 0 Å². The second-order valence-electron chi connectivity index (χ2n) is 4.52. The zero-order valence-electron chi connectivity index (χ0n) is 11.3. The molecule has 0 amide bonds. The van der Waals surface area contributed by atoms with E-state index in [2.05, 4.69) is 43.3 Å². The molecule has 0 saturated carbocycles. The lowest BCUT2D eigenvalue weighted by Gasteiger charge is -2.18. The molecule has 0 aliphatic rings. The van der Waals surface area contributed by atoms with E-state index in [1.54, 1.807) is 0 Å². The molecule has 0 aromatic rings. The fourth-order valence-electron chi connectivity index (χ4n) is 1.33. The van der Waals surface area contributed by atoms with Crippen molar-refractivity contribution in [3.63, 3.8) is 0 Å². The first-order valence-electron chi connectivity index (χ1n) is 6.07. The third kappa shape index (κ3) is 10.5. The molecule has 0 aromatic heterocycles. The van der Waals surface area contributed by atoms with Gasteiger partial charge in [-0.25, -0.2) is 0 Å². The second kappa shape index (κ2) is 11.5. The topological polar surface area (TPSA) is 36.4 Å². The standard InChI is InChI=1S/C12H27N3.HI/c1-6-9-14-12(13-5)15-11(4)8-7-10(2)3;/h10-11H,6-9H2,1-5H3,(H2,13,14,15);1H. The van der Waals surface area contributed by atoms with Crippen molar-refractivity contribution in [2.45, 2.75) is 53.0 Å².